The maximum Gasteiger partial charge on any atom is 0.358 e. The van der Waals surface area contributed by atoms with E-state index in [1.807, 2.05) is 0 Å². The van der Waals surface area contributed by atoms with Gasteiger partial charge in [0.2, 0.25) is 0 Å². The molecule has 17 heavy (non-hydrogen) atoms. The Kier molecular flexibility index (Phi) is 2.92. The fraction of sp³-hybridized carbons (Fsp3) is 0.300. The summed E-state index contributed by atoms with van der Waals surface area (Å²) in [5, 5.41) is 8.87. The number of rotatable bonds is 2. The van der Waals surface area contributed by atoms with Crippen LogP contribution >= 0.6 is 0 Å². The summed E-state index contributed by atoms with van der Waals surface area (Å²) in [5.74, 6) is -1.29. The number of ether oxygens (including phenoxy) is 1. The number of carboxylic acid groups (broad SMARTS) is 1. The summed E-state index contributed by atoms with van der Waals surface area (Å²) in [6.07, 6.45) is 2.48. The van der Waals surface area contributed by atoms with Crippen molar-refractivity contribution in [2.24, 2.45) is 0 Å². The molecular weight excluding hydrogens is 224 g/mol. The minimum atomic E-state index is -1.22. The molecule has 90 valence electrons. The lowest BCUT2D eigenvalue weighted by molar-refractivity contribution is 0.0691. The van der Waals surface area contributed by atoms with Crippen LogP contribution in [0.3, 0.4) is 0 Å². The number of nitrogens with two attached hydrogens (primary N) is 2. The molecule has 0 unspecified atom stereocenters. The molecule has 0 atom stereocenters. The number of anilines is 2. The van der Waals surface area contributed by atoms with Crippen LogP contribution in [0.25, 0.3) is 6.08 Å². The molecular formula is C10H12N4O3. The third-order valence-corrected chi connectivity index (χ3v) is 2.38. The van der Waals surface area contributed by atoms with Crippen LogP contribution in [0.2, 0.25) is 0 Å². The predicted molar refractivity (Wildman–Crippen MR) is 61.2 cm³/mol. The molecule has 0 bridgehead atoms. The first kappa shape index (κ1) is 11.3. The zero-order valence-electron chi connectivity index (χ0n) is 9.01. The summed E-state index contributed by atoms with van der Waals surface area (Å²) < 4.78 is 5.17. The molecule has 1 aliphatic heterocycles. The Labute approximate surface area is 97.1 Å². The van der Waals surface area contributed by atoms with E-state index in [9.17, 15) is 4.79 Å². The lowest BCUT2D eigenvalue weighted by atomic mass is 10.2. The molecule has 2 heterocycles. The molecule has 1 aromatic heterocycles. The van der Waals surface area contributed by atoms with Gasteiger partial charge in [0.1, 0.15) is 5.69 Å². The second-order valence-electron chi connectivity index (χ2n) is 3.64. The van der Waals surface area contributed by atoms with Crippen LogP contribution in [0.4, 0.5) is 11.6 Å². The van der Waals surface area contributed by atoms with Crippen LogP contribution in [0.1, 0.15) is 22.6 Å². The molecule has 0 spiro atoms. The van der Waals surface area contributed by atoms with E-state index in [1.54, 1.807) is 6.08 Å². The van der Waals surface area contributed by atoms with Gasteiger partial charge in [0.25, 0.3) is 0 Å². The highest BCUT2D eigenvalue weighted by Crippen LogP contribution is 2.19. The van der Waals surface area contributed by atoms with Crippen LogP contribution in [-0.4, -0.2) is 34.3 Å². The molecule has 1 aliphatic rings. The smallest absolute Gasteiger partial charge is 0.358 e. The summed E-state index contributed by atoms with van der Waals surface area (Å²) in [4.78, 5) is 18.5. The van der Waals surface area contributed by atoms with Crippen LogP contribution in [0.5, 0.6) is 0 Å². The van der Waals surface area contributed by atoms with Gasteiger partial charge in [-0.15, -0.1) is 0 Å². The van der Waals surface area contributed by atoms with Gasteiger partial charge in [0, 0.05) is 0 Å². The fourth-order valence-corrected chi connectivity index (χ4v) is 1.52. The molecule has 0 saturated carbocycles. The van der Waals surface area contributed by atoms with E-state index < -0.39 is 5.97 Å². The molecule has 1 fully saturated rings. The Morgan fingerprint density at radius 2 is 2.12 bits per heavy atom. The van der Waals surface area contributed by atoms with Crippen molar-refractivity contribution in [3.05, 3.63) is 17.0 Å². The van der Waals surface area contributed by atoms with Gasteiger partial charge in [-0.3, -0.25) is 0 Å². The highest BCUT2D eigenvalue weighted by Gasteiger charge is 2.15. The average Bonchev–Trinajstić information content (AvgIpc) is 2.74. The van der Waals surface area contributed by atoms with Gasteiger partial charge in [-0.2, -0.15) is 0 Å². The van der Waals surface area contributed by atoms with Gasteiger partial charge in [-0.05, 0) is 18.1 Å². The van der Waals surface area contributed by atoms with E-state index in [-0.39, 0.29) is 17.3 Å². The average molecular weight is 236 g/mol. The van der Waals surface area contributed by atoms with E-state index in [0.717, 1.165) is 12.0 Å². The number of nitrogens with zero attached hydrogens (tertiary/aromatic N) is 2. The minimum absolute atomic E-state index is 0.118. The first-order chi connectivity index (χ1) is 8.08. The van der Waals surface area contributed by atoms with Gasteiger partial charge in [-0.1, -0.05) is 0 Å². The molecule has 1 saturated heterocycles. The summed E-state index contributed by atoms with van der Waals surface area (Å²) >= 11 is 0. The van der Waals surface area contributed by atoms with Gasteiger partial charge in [0.15, 0.2) is 17.3 Å². The predicted octanol–water partition coefficient (Wildman–Crippen LogP) is 0.143. The molecule has 1 aromatic rings. The molecule has 2 rings (SSSR count). The van der Waals surface area contributed by atoms with E-state index >= 15 is 0 Å². The van der Waals surface area contributed by atoms with Gasteiger partial charge in [0.05, 0.1) is 13.2 Å². The fourth-order valence-electron chi connectivity index (χ4n) is 1.52. The molecule has 0 aliphatic carbocycles. The Morgan fingerprint density at radius 1 is 1.35 bits per heavy atom. The van der Waals surface area contributed by atoms with E-state index in [2.05, 4.69) is 9.97 Å². The molecule has 7 heteroatoms. The van der Waals surface area contributed by atoms with Gasteiger partial charge in [-0.25, -0.2) is 14.8 Å². The Morgan fingerprint density at radius 3 is 2.71 bits per heavy atom. The first-order valence-electron chi connectivity index (χ1n) is 5.01. The summed E-state index contributed by atoms with van der Waals surface area (Å²) in [6, 6.07) is 0. The Bertz CT molecular complexity index is 491. The van der Waals surface area contributed by atoms with Crippen molar-refractivity contribution in [3.8, 4) is 0 Å². The molecule has 7 nitrogen and oxygen atoms in total. The van der Waals surface area contributed by atoms with Crippen molar-refractivity contribution < 1.29 is 14.6 Å². The maximum atomic E-state index is 10.9. The molecule has 0 amide bonds. The number of nitrogen functional groups attached to an aromatic ring is 2. The van der Waals surface area contributed by atoms with Gasteiger partial charge < -0.3 is 21.3 Å². The number of hydrogen-bond donors (Lipinski definition) is 3. The standard InChI is InChI=1S/C10H12N4O3/c11-8-6(3-5-1-2-17-4-5)13-7(10(15)16)9(12)14-8/h3H,1-2,4H2,(H,15,16)(H4,11,12,14)/b5-3+. The highest BCUT2D eigenvalue weighted by molar-refractivity contribution is 5.91. The summed E-state index contributed by atoms with van der Waals surface area (Å²) in [6.45, 7) is 1.16. The quantitative estimate of drug-likeness (QED) is 0.667. The highest BCUT2D eigenvalue weighted by atomic mass is 16.5. The van der Waals surface area contributed by atoms with Crippen LogP contribution < -0.4 is 11.5 Å². The second kappa shape index (κ2) is 4.38. The van der Waals surface area contributed by atoms with Gasteiger partial charge >= 0.3 is 5.97 Å². The topological polar surface area (TPSA) is 124 Å². The van der Waals surface area contributed by atoms with E-state index in [1.165, 1.54) is 0 Å². The monoisotopic (exact) mass is 236 g/mol. The SMILES string of the molecule is Nc1nc(N)c(C(=O)O)nc1/C=C1\CCOC1. The summed E-state index contributed by atoms with van der Waals surface area (Å²) in [5.41, 5.74) is 12.1. The van der Waals surface area contributed by atoms with E-state index in [4.69, 9.17) is 21.3 Å². The largest absolute Gasteiger partial charge is 0.476 e. The van der Waals surface area contributed by atoms with Crippen LogP contribution in [-0.2, 0) is 4.74 Å². The van der Waals surface area contributed by atoms with Crippen molar-refractivity contribution in [3.63, 3.8) is 0 Å². The summed E-state index contributed by atoms with van der Waals surface area (Å²) in [7, 11) is 0. The Balaban J connectivity index is 2.43. The maximum absolute atomic E-state index is 10.9. The zero-order chi connectivity index (χ0) is 12.4. The minimum Gasteiger partial charge on any atom is -0.476 e. The lowest BCUT2D eigenvalue weighted by Crippen LogP contribution is -2.11. The van der Waals surface area contributed by atoms with E-state index in [0.29, 0.717) is 18.9 Å². The van der Waals surface area contributed by atoms with Crippen LogP contribution in [0, 0.1) is 0 Å². The molecule has 0 aromatic carbocycles. The first-order valence-corrected chi connectivity index (χ1v) is 5.01. The number of aromatic nitrogens is 2. The van der Waals surface area contributed by atoms with Crippen molar-refractivity contribution in [2.45, 2.75) is 6.42 Å². The number of carboxylic acids is 1. The Hall–Kier alpha value is -2.15. The van der Waals surface area contributed by atoms with Crippen molar-refractivity contribution in [1.82, 2.24) is 9.97 Å². The molecule has 5 N–H and O–H groups in total. The van der Waals surface area contributed by atoms with Crippen molar-refractivity contribution in [2.75, 3.05) is 24.7 Å². The lowest BCUT2D eigenvalue weighted by Gasteiger charge is -2.04. The third-order valence-electron chi connectivity index (χ3n) is 2.38. The zero-order valence-corrected chi connectivity index (χ0v) is 9.01. The number of carbonyl (C=O) groups is 1. The van der Waals surface area contributed by atoms with Crippen molar-refractivity contribution >= 4 is 23.7 Å². The normalized spacial score (nSPS) is 17.5. The number of aromatic carboxylic acids is 1. The van der Waals surface area contributed by atoms with Crippen molar-refractivity contribution in [1.29, 1.82) is 0 Å². The number of hydrogen-bond acceptors (Lipinski definition) is 6. The van der Waals surface area contributed by atoms with Crippen LogP contribution in [0.15, 0.2) is 5.57 Å². The second-order valence-corrected chi connectivity index (χ2v) is 3.64. The molecule has 0 radical (unpaired) electrons. The third kappa shape index (κ3) is 2.34.